The van der Waals surface area contributed by atoms with Crippen LogP contribution < -0.4 is 0 Å². The van der Waals surface area contributed by atoms with Gasteiger partial charge in [-0.05, 0) is 42.4 Å². The van der Waals surface area contributed by atoms with Gasteiger partial charge < -0.3 is 4.90 Å². The van der Waals surface area contributed by atoms with Gasteiger partial charge in [0.25, 0.3) is 0 Å². The molecule has 118 valence electrons. The summed E-state index contributed by atoms with van der Waals surface area (Å²) < 4.78 is 25.3. The molecular weight excluding hydrogens is 358 g/mol. The number of sulfone groups is 1. The molecule has 6 nitrogen and oxygen atoms in total. The number of carbonyl (C=O) groups is 1. The molecule has 1 unspecified atom stereocenters. The molecule has 1 aliphatic heterocycles. The Morgan fingerprint density at radius 1 is 1.52 bits per heavy atom. The van der Waals surface area contributed by atoms with Crippen LogP contribution in [0.25, 0.3) is 0 Å². The summed E-state index contributed by atoms with van der Waals surface area (Å²) in [5, 5.41) is 4.22. The minimum atomic E-state index is -2.94. The van der Waals surface area contributed by atoms with Crippen molar-refractivity contribution >= 4 is 31.6 Å². The van der Waals surface area contributed by atoms with Gasteiger partial charge in [-0.3, -0.25) is 9.48 Å². The van der Waals surface area contributed by atoms with E-state index in [9.17, 15) is 13.2 Å². The Morgan fingerprint density at radius 2 is 2.24 bits per heavy atom. The van der Waals surface area contributed by atoms with Crippen molar-refractivity contribution in [1.82, 2.24) is 14.7 Å². The van der Waals surface area contributed by atoms with Gasteiger partial charge in [0.15, 0.2) is 15.6 Å². The summed E-state index contributed by atoms with van der Waals surface area (Å²) in [5.74, 6) is 0.223. The number of rotatable bonds is 6. The van der Waals surface area contributed by atoms with E-state index in [2.05, 4.69) is 21.0 Å². The lowest BCUT2D eigenvalue weighted by Crippen LogP contribution is -2.22. The SMILES string of the molecule is CN(C)CCn1ncc(Br)c1C(=O)CC1CCS(=O)(=O)C1. The fourth-order valence-corrected chi connectivity index (χ4v) is 4.88. The van der Waals surface area contributed by atoms with Crippen molar-refractivity contribution in [1.29, 1.82) is 0 Å². The lowest BCUT2D eigenvalue weighted by Gasteiger charge is -2.13. The first kappa shape index (κ1) is 16.6. The highest BCUT2D eigenvalue weighted by Crippen LogP contribution is 2.25. The number of nitrogens with zero attached hydrogens (tertiary/aromatic N) is 3. The van der Waals surface area contributed by atoms with Crippen molar-refractivity contribution < 1.29 is 13.2 Å². The van der Waals surface area contributed by atoms with Gasteiger partial charge in [0.05, 0.1) is 28.7 Å². The number of Topliss-reactive ketones (excluding diaryl/α,β-unsaturated/α-hetero) is 1. The van der Waals surface area contributed by atoms with Crippen molar-refractivity contribution in [2.24, 2.45) is 5.92 Å². The normalized spacial score (nSPS) is 21.0. The van der Waals surface area contributed by atoms with Crippen LogP contribution in [-0.4, -0.2) is 61.0 Å². The van der Waals surface area contributed by atoms with E-state index in [0.29, 0.717) is 23.1 Å². The first-order chi connectivity index (χ1) is 9.78. The fraction of sp³-hybridized carbons (Fsp3) is 0.692. The van der Waals surface area contributed by atoms with E-state index in [1.165, 1.54) is 0 Å². The summed E-state index contributed by atoms with van der Waals surface area (Å²) in [6.07, 6.45) is 2.47. The zero-order chi connectivity index (χ0) is 15.6. The molecule has 2 rings (SSSR count). The standard InChI is InChI=1S/C13H20BrN3O3S/c1-16(2)4-5-17-13(11(14)8-15-17)12(18)7-10-3-6-21(19,20)9-10/h8,10H,3-7,9H2,1-2H3. The molecule has 0 saturated carbocycles. The first-order valence-corrected chi connectivity index (χ1v) is 9.49. The molecule has 0 N–H and O–H groups in total. The molecule has 21 heavy (non-hydrogen) atoms. The lowest BCUT2D eigenvalue weighted by molar-refractivity contribution is 0.0953. The third kappa shape index (κ3) is 4.37. The average molecular weight is 378 g/mol. The van der Waals surface area contributed by atoms with Crippen LogP contribution in [0.5, 0.6) is 0 Å². The van der Waals surface area contributed by atoms with Crippen molar-refractivity contribution in [3.05, 3.63) is 16.4 Å². The van der Waals surface area contributed by atoms with Gasteiger partial charge in [0, 0.05) is 13.0 Å². The Labute approximate surface area is 133 Å². The summed E-state index contributed by atoms with van der Waals surface area (Å²) in [6, 6.07) is 0. The Morgan fingerprint density at radius 3 is 2.81 bits per heavy atom. The van der Waals surface area contributed by atoms with Crippen molar-refractivity contribution in [3.8, 4) is 0 Å². The van der Waals surface area contributed by atoms with Crippen LogP contribution in [0, 0.1) is 5.92 Å². The number of halogens is 1. The molecule has 1 aromatic rings. The molecule has 1 aliphatic rings. The van der Waals surface area contributed by atoms with Gasteiger partial charge in [-0.25, -0.2) is 8.42 Å². The van der Waals surface area contributed by atoms with Crippen molar-refractivity contribution in [3.63, 3.8) is 0 Å². The van der Waals surface area contributed by atoms with Crippen LogP contribution in [-0.2, 0) is 16.4 Å². The number of likely N-dealkylation sites (N-methyl/N-ethyl adjacent to an activating group) is 1. The highest BCUT2D eigenvalue weighted by Gasteiger charge is 2.31. The number of ketones is 1. The first-order valence-electron chi connectivity index (χ1n) is 6.88. The molecule has 1 fully saturated rings. The molecule has 0 bridgehead atoms. The molecule has 2 heterocycles. The maximum Gasteiger partial charge on any atom is 0.182 e. The number of carbonyl (C=O) groups excluding carboxylic acids is 1. The minimum absolute atomic E-state index is 0.0415. The summed E-state index contributed by atoms with van der Waals surface area (Å²) >= 11 is 3.36. The van der Waals surface area contributed by atoms with Gasteiger partial charge in [-0.2, -0.15) is 5.10 Å². The van der Waals surface area contributed by atoms with Crippen LogP contribution in [0.4, 0.5) is 0 Å². The Balaban J connectivity index is 2.07. The van der Waals surface area contributed by atoms with Crippen LogP contribution >= 0.6 is 15.9 Å². The maximum absolute atomic E-state index is 12.5. The van der Waals surface area contributed by atoms with Gasteiger partial charge in [-0.1, -0.05) is 0 Å². The smallest absolute Gasteiger partial charge is 0.182 e. The predicted octanol–water partition coefficient (Wildman–Crippen LogP) is 1.21. The van der Waals surface area contributed by atoms with Crippen LogP contribution in [0.1, 0.15) is 23.3 Å². The second kappa shape index (κ2) is 6.58. The molecule has 1 atom stereocenters. The van der Waals surface area contributed by atoms with Gasteiger partial charge in [-0.15, -0.1) is 0 Å². The van der Waals surface area contributed by atoms with E-state index in [1.54, 1.807) is 10.9 Å². The molecule has 0 aromatic carbocycles. The summed E-state index contributed by atoms with van der Waals surface area (Å²) in [4.78, 5) is 14.5. The Bertz CT molecular complexity index is 625. The second-order valence-corrected chi connectivity index (χ2v) is 8.85. The highest BCUT2D eigenvalue weighted by molar-refractivity contribution is 9.10. The predicted molar refractivity (Wildman–Crippen MR) is 84.2 cm³/mol. The third-order valence-corrected chi connectivity index (χ3v) is 6.04. The van der Waals surface area contributed by atoms with E-state index in [0.717, 1.165) is 6.54 Å². The van der Waals surface area contributed by atoms with E-state index in [1.807, 2.05) is 19.0 Å². The average Bonchev–Trinajstić information content (AvgIpc) is 2.89. The Kier molecular flexibility index (Phi) is 5.21. The summed E-state index contributed by atoms with van der Waals surface area (Å²) in [6.45, 7) is 1.41. The molecule has 0 amide bonds. The fourth-order valence-electron chi connectivity index (χ4n) is 2.50. The van der Waals surface area contributed by atoms with E-state index >= 15 is 0 Å². The van der Waals surface area contributed by atoms with E-state index in [-0.39, 0.29) is 29.6 Å². The summed E-state index contributed by atoms with van der Waals surface area (Å²) in [7, 11) is 0.979. The van der Waals surface area contributed by atoms with Crippen LogP contribution in [0.2, 0.25) is 0 Å². The van der Waals surface area contributed by atoms with Gasteiger partial charge in [0.1, 0.15) is 5.69 Å². The van der Waals surface area contributed by atoms with Gasteiger partial charge in [0.2, 0.25) is 0 Å². The molecule has 1 saturated heterocycles. The number of aromatic nitrogens is 2. The van der Waals surface area contributed by atoms with Crippen LogP contribution in [0.3, 0.4) is 0 Å². The number of hydrogen-bond donors (Lipinski definition) is 0. The molecule has 8 heteroatoms. The molecule has 0 radical (unpaired) electrons. The zero-order valence-corrected chi connectivity index (χ0v) is 14.7. The minimum Gasteiger partial charge on any atom is -0.308 e. The number of hydrogen-bond acceptors (Lipinski definition) is 5. The van der Waals surface area contributed by atoms with Crippen LogP contribution in [0.15, 0.2) is 10.7 Å². The van der Waals surface area contributed by atoms with Crippen molar-refractivity contribution in [2.45, 2.75) is 19.4 Å². The summed E-state index contributed by atoms with van der Waals surface area (Å²) in [5.41, 5.74) is 0.543. The maximum atomic E-state index is 12.5. The quantitative estimate of drug-likeness (QED) is 0.696. The second-order valence-electron chi connectivity index (χ2n) is 5.76. The topological polar surface area (TPSA) is 72.3 Å². The monoisotopic (exact) mass is 377 g/mol. The van der Waals surface area contributed by atoms with E-state index < -0.39 is 9.84 Å². The Hall–Kier alpha value is -0.730. The highest BCUT2D eigenvalue weighted by atomic mass is 79.9. The molecule has 0 spiro atoms. The lowest BCUT2D eigenvalue weighted by atomic mass is 10.0. The van der Waals surface area contributed by atoms with Gasteiger partial charge >= 0.3 is 0 Å². The zero-order valence-electron chi connectivity index (χ0n) is 12.2. The molecule has 1 aromatic heterocycles. The molecular formula is C13H20BrN3O3S. The third-order valence-electron chi connectivity index (χ3n) is 3.62. The van der Waals surface area contributed by atoms with Crippen molar-refractivity contribution in [2.75, 3.05) is 32.1 Å². The molecule has 0 aliphatic carbocycles. The largest absolute Gasteiger partial charge is 0.308 e. The van der Waals surface area contributed by atoms with E-state index in [4.69, 9.17) is 0 Å².